The molecule has 26 heavy (non-hydrogen) atoms. The van der Waals surface area contributed by atoms with Crippen molar-refractivity contribution in [1.29, 1.82) is 0 Å². The van der Waals surface area contributed by atoms with Crippen molar-refractivity contribution in [2.24, 2.45) is 5.92 Å². The molecule has 1 saturated carbocycles. The molecule has 0 aromatic heterocycles. The smallest absolute Gasteiger partial charge is 0.269 e. The van der Waals surface area contributed by atoms with Crippen molar-refractivity contribution >= 4 is 27.5 Å². The van der Waals surface area contributed by atoms with Gasteiger partial charge in [-0.15, -0.1) is 0 Å². The number of nitrogens with zero attached hydrogens (tertiary/aromatic N) is 1. The van der Waals surface area contributed by atoms with E-state index in [0.29, 0.717) is 5.69 Å². The van der Waals surface area contributed by atoms with Crippen molar-refractivity contribution < 1.29 is 18.0 Å². The van der Waals surface area contributed by atoms with Gasteiger partial charge in [0.25, 0.3) is 15.9 Å². The number of carbonyl (C=O) groups excluding carboxylic acids is 2. The van der Waals surface area contributed by atoms with Gasteiger partial charge in [-0.2, -0.15) is 0 Å². The lowest BCUT2D eigenvalue weighted by Gasteiger charge is -2.19. The highest BCUT2D eigenvalue weighted by Crippen LogP contribution is 2.28. The van der Waals surface area contributed by atoms with Crippen LogP contribution < -0.4 is 15.2 Å². The summed E-state index contributed by atoms with van der Waals surface area (Å²) in [5.41, 5.74) is 5.48. The number of para-hydroxylation sites is 1. The molecule has 3 rings (SSSR count). The number of hydrogen-bond donors (Lipinski definition) is 2. The maximum absolute atomic E-state index is 12.7. The van der Waals surface area contributed by atoms with Crippen LogP contribution in [-0.2, 0) is 14.8 Å². The zero-order valence-electron chi connectivity index (χ0n) is 14.2. The van der Waals surface area contributed by atoms with Crippen molar-refractivity contribution in [3.05, 3.63) is 60.2 Å². The Kier molecular flexibility index (Phi) is 4.94. The SMILES string of the molecule is CN(c1ccccc1)S(=O)(=O)c1ccc(C(=O)NNC(=O)C2CC2)cc1. The van der Waals surface area contributed by atoms with Crippen LogP contribution in [0.15, 0.2) is 59.5 Å². The standard InChI is InChI=1S/C18H19N3O4S/c1-21(15-5-3-2-4-6-15)26(24,25)16-11-9-14(10-12-16)18(23)20-19-17(22)13-7-8-13/h2-6,9-13H,7-8H2,1H3,(H,19,22)(H,20,23). The molecule has 0 unspecified atom stereocenters. The fraction of sp³-hybridized carbons (Fsp3) is 0.222. The van der Waals surface area contributed by atoms with E-state index in [1.807, 2.05) is 0 Å². The molecule has 2 amide bonds. The number of carbonyl (C=O) groups is 2. The van der Waals surface area contributed by atoms with Gasteiger partial charge in [0.2, 0.25) is 5.91 Å². The molecule has 2 N–H and O–H groups in total. The lowest BCUT2D eigenvalue weighted by atomic mass is 10.2. The Hall–Kier alpha value is -2.87. The van der Waals surface area contributed by atoms with E-state index in [1.54, 1.807) is 30.3 Å². The van der Waals surface area contributed by atoms with Crippen LogP contribution in [0.2, 0.25) is 0 Å². The molecule has 0 heterocycles. The van der Waals surface area contributed by atoms with E-state index in [2.05, 4.69) is 10.9 Å². The molecule has 1 aliphatic carbocycles. The highest BCUT2D eigenvalue weighted by Gasteiger charge is 2.29. The van der Waals surface area contributed by atoms with Gasteiger partial charge in [0, 0.05) is 18.5 Å². The van der Waals surface area contributed by atoms with Gasteiger partial charge < -0.3 is 0 Å². The molecule has 2 aromatic carbocycles. The predicted molar refractivity (Wildman–Crippen MR) is 96.8 cm³/mol. The molecule has 2 aromatic rings. The lowest BCUT2D eigenvalue weighted by Crippen LogP contribution is -2.42. The molecule has 136 valence electrons. The second kappa shape index (κ2) is 7.17. The van der Waals surface area contributed by atoms with E-state index in [4.69, 9.17) is 0 Å². The van der Waals surface area contributed by atoms with Crippen LogP contribution in [0.4, 0.5) is 5.69 Å². The van der Waals surface area contributed by atoms with Crippen LogP contribution >= 0.6 is 0 Å². The Morgan fingerprint density at radius 1 is 0.962 bits per heavy atom. The number of nitrogens with one attached hydrogen (secondary N) is 2. The van der Waals surface area contributed by atoms with Gasteiger partial charge in [-0.3, -0.25) is 24.7 Å². The minimum atomic E-state index is -3.73. The van der Waals surface area contributed by atoms with Crippen LogP contribution in [0.3, 0.4) is 0 Å². The normalized spacial score (nSPS) is 13.7. The largest absolute Gasteiger partial charge is 0.273 e. The van der Waals surface area contributed by atoms with Gasteiger partial charge >= 0.3 is 0 Å². The van der Waals surface area contributed by atoms with Crippen LogP contribution in [0.1, 0.15) is 23.2 Å². The number of anilines is 1. The Balaban J connectivity index is 1.69. The van der Waals surface area contributed by atoms with Gasteiger partial charge in [0.05, 0.1) is 10.6 Å². The van der Waals surface area contributed by atoms with E-state index in [0.717, 1.165) is 12.8 Å². The number of hydrazine groups is 1. The van der Waals surface area contributed by atoms with Crippen molar-refractivity contribution in [1.82, 2.24) is 10.9 Å². The summed E-state index contributed by atoms with van der Waals surface area (Å²) in [7, 11) is -2.26. The Morgan fingerprint density at radius 2 is 1.58 bits per heavy atom. The summed E-state index contributed by atoms with van der Waals surface area (Å²) >= 11 is 0. The Morgan fingerprint density at radius 3 is 2.15 bits per heavy atom. The minimum absolute atomic E-state index is 0.0173. The van der Waals surface area contributed by atoms with Gasteiger partial charge in [-0.25, -0.2) is 8.42 Å². The molecular formula is C18H19N3O4S. The fourth-order valence-corrected chi connectivity index (χ4v) is 3.55. The van der Waals surface area contributed by atoms with E-state index < -0.39 is 15.9 Å². The predicted octanol–water partition coefficient (Wildman–Crippen LogP) is 1.68. The van der Waals surface area contributed by atoms with E-state index >= 15 is 0 Å². The molecular weight excluding hydrogens is 354 g/mol. The third kappa shape index (κ3) is 3.85. The monoisotopic (exact) mass is 373 g/mol. The summed E-state index contributed by atoms with van der Waals surface area (Å²) in [6.45, 7) is 0. The summed E-state index contributed by atoms with van der Waals surface area (Å²) in [6.07, 6.45) is 1.67. The molecule has 8 heteroatoms. The first kappa shape index (κ1) is 17.9. The number of benzene rings is 2. The van der Waals surface area contributed by atoms with E-state index in [-0.39, 0.29) is 22.3 Å². The topological polar surface area (TPSA) is 95.6 Å². The molecule has 0 saturated heterocycles. The fourth-order valence-electron chi connectivity index (χ4n) is 2.35. The number of rotatable bonds is 5. The first-order valence-electron chi connectivity index (χ1n) is 8.14. The summed E-state index contributed by atoms with van der Waals surface area (Å²) < 4.78 is 26.5. The average molecular weight is 373 g/mol. The molecule has 7 nitrogen and oxygen atoms in total. The Bertz CT molecular complexity index is 907. The summed E-state index contributed by atoms with van der Waals surface area (Å²) in [5.74, 6) is -0.724. The molecule has 1 fully saturated rings. The van der Waals surface area contributed by atoms with Crippen molar-refractivity contribution in [2.75, 3.05) is 11.4 Å². The highest BCUT2D eigenvalue weighted by atomic mass is 32.2. The second-order valence-corrected chi connectivity index (χ2v) is 8.02. The van der Waals surface area contributed by atoms with Crippen LogP contribution in [0.5, 0.6) is 0 Å². The lowest BCUT2D eigenvalue weighted by molar-refractivity contribution is -0.123. The highest BCUT2D eigenvalue weighted by molar-refractivity contribution is 7.92. The first-order valence-corrected chi connectivity index (χ1v) is 9.58. The molecule has 0 aliphatic heterocycles. The quantitative estimate of drug-likeness (QED) is 0.780. The Labute approximate surface area is 152 Å². The van der Waals surface area contributed by atoms with E-state index in [9.17, 15) is 18.0 Å². The minimum Gasteiger partial charge on any atom is -0.273 e. The third-order valence-electron chi connectivity index (χ3n) is 4.14. The van der Waals surface area contributed by atoms with Crippen molar-refractivity contribution in [3.63, 3.8) is 0 Å². The van der Waals surface area contributed by atoms with Crippen molar-refractivity contribution in [2.45, 2.75) is 17.7 Å². The second-order valence-electron chi connectivity index (χ2n) is 6.05. The molecule has 0 atom stereocenters. The molecule has 1 aliphatic rings. The van der Waals surface area contributed by atoms with Crippen molar-refractivity contribution in [3.8, 4) is 0 Å². The van der Waals surface area contributed by atoms with Gasteiger partial charge in [0.1, 0.15) is 0 Å². The summed E-state index contributed by atoms with van der Waals surface area (Å²) in [5, 5.41) is 0. The first-order chi connectivity index (χ1) is 12.4. The van der Waals surface area contributed by atoms with Gasteiger partial charge in [0.15, 0.2) is 0 Å². The van der Waals surface area contributed by atoms with Gasteiger partial charge in [-0.05, 0) is 49.2 Å². The van der Waals surface area contributed by atoms with Gasteiger partial charge in [-0.1, -0.05) is 18.2 Å². The summed E-state index contributed by atoms with van der Waals surface area (Å²) in [6, 6.07) is 14.3. The van der Waals surface area contributed by atoms with Crippen LogP contribution in [-0.4, -0.2) is 27.3 Å². The molecule has 0 spiro atoms. The zero-order valence-corrected chi connectivity index (χ0v) is 15.0. The van der Waals surface area contributed by atoms with Crippen LogP contribution in [0.25, 0.3) is 0 Å². The van der Waals surface area contributed by atoms with E-state index in [1.165, 1.54) is 35.6 Å². The zero-order chi connectivity index (χ0) is 18.7. The maximum Gasteiger partial charge on any atom is 0.269 e. The molecule has 0 radical (unpaired) electrons. The number of hydrogen-bond acceptors (Lipinski definition) is 4. The third-order valence-corrected chi connectivity index (χ3v) is 5.94. The molecule has 0 bridgehead atoms. The number of sulfonamides is 1. The number of amides is 2. The average Bonchev–Trinajstić information content (AvgIpc) is 3.51. The summed E-state index contributed by atoms with van der Waals surface area (Å²) in [4.78, 5) is 23.6. The maximum atomic E-state index is 12.7. The van der Waals surface area contributed by atoms with Crippen LogP contribution in [0, 0.1) is 5.92 Å².